The highest BCUT2D eigenvalue weighted by atomic mass is 16.4. The Morgan fingerprint density at radius 2 is 1.92 bits per heavy atom. The molecule has 3 aromatic rings. The monoisotopic (exact) mass is 340 g/mol. The molecule has 2 aromatic heterocycles. The number of carboxylic acids is 2. The zero-order valence-electron chi connectivity index (χ0n) is 13.4. The molecule has 0 saturated carbocycles. The average molecular weight is 340 g/mol. The van der Waals surface area contributed by atoms with E-state index in [1.807, 2.05) is 37.3 Å². The zero-order valence-corrected chi connectivity index (χ0v) is 13.4. The number of nitrogens with one attached hydrogen (secondary N) is 2. The van der Waals surface area contributed by atoms with Gasteiger partial charge in [-0.1, -0.05) is 30.3 Å². The van der Waals surface area contributed by atoms with E-state index in [9.17, 15) is 14.7 Å². The fourth-order valence-electron chi connectivity index (χ4n) is 2.51. The minimum absolute atomic E-state index is 0.279. The van der Waals surface area contributed by atoms with Crippen LogP contribution < -0.4 is 5.32 Å². The fourth-order valence-corrected chi connectivity index (χ4v) is 2.51. The van der Waals surface area contributed by atoms with Crippen LogP contribution in [0.5, 0.6) is 0 Å². The van der Waals surface area contributed by atoms with Crippen LogP contribution in [0.1, 0.15) is 12.1 Å². The van der Waals surface area contributed by atoms with E-state index in [0.29, 0.717) is 16.9 Å². The number of carboxylic acid groups (broad SMARTS) is 2. The predicted octanol–water partition coefficient (Wildman–Crippen LogP) is 2.27. The van der Waals surface area contributed by atoms with Gasteiger partial charge < -0.3 is 20.5 Å². The van der Waals surface area contributed by atoms with Gasteiger partial charge in [-0.2, -0.15) is 0 Å². The second-order valence-electron chi connectivity index (χ2n) is 5.61. The Morgan fingerprint density at radius 3 is 2.56 bits per heavy atom. The third-order valence-electron chi connectivity index (χ3n) is 3.64. The molecule has 1 aromatic carbocycles. The minimum Gasteiger partial charge on any atom is -0.481 e. The van der Waals surface area contributed by atoms with Gasteiger partial charge in [0.25, 0.3) is 0 Å². The van der Waals surface area contributed by atoms with Gasteiger partial charge in [-0.3, -0.25) is 4.79 Å². The van der Waals surface area contributed by atoms with Crippen molar-refractivity contribution >= 4 is 28.8 Å². The van der Waals surface area contributed by atoms with Crippen LogP contribution in [-0.4, -0.2) is 43.1 Å². The predicted molar refractivity (Wildman–Crippen MR) is 91.4 cm³/mol. The molecule has 0 radical (unpaired) electrons. The molecular weight excluding hydrogens is 324 g/mol. The molecule has 8 nitrogen and oxygen atoms in total. The number of nitrogens with zero attached hydrogens (tertiary/aromatic N) is 2. The Labute approximate surface area is 142 Å². The van der Waals surface area contributed by atoms with E-state index >= 15 is 0 Å². The van der Waals surface area contributed by atoms with Crippen LogP contribution in [-0.2, 0) is 9.59 Å². The maximum absolute atomic E-state index is 11.4. The first-order valence-electron chi connectivity index (χ1n) is 7.58. The van der Waals surface area contributed by atoms with Gasteiger partial charge in [-0.25, -0.2) is 14.8 Å². The summed E-state index contributed by atoms with van der Waals surface area (Å²) in [5.41, 5.74) is 2.15. The normalized spacial score (nSPS) is 12.0. The van der Waals surface area contributed by atoms with Gasteiger partial charge in [0.15, 0.2) is 5.82 Å². The molecule has 0 bridgehead atoms. The molecule has 0 fully saturated rings. The smallest absolute Gasteiger partial charge is 0.326 e. The number of benzene rings is 1. The van der Waals surface area contributed by atoms with Crippen LogP contribution in [0.4, 0.5) is 5.82 Å². The highest BCUT2D eigenvalue weighted by Gasteiger charge is 2.23. The van der Waals surface area contributed by atoms with E-state index < -0.39 is 24.4 Å². The fraction of sp³-hybridized carbons (Fsp3) is 0.176. The summed E-state index contributed by atoms with van der Waals surface area (Å²) in [5.74, 6) is -1.78. The third kappa shape index (κ3) is 3.57. The second kappa shape index (κ2) is 6.60. The quantitative estimate of drug-likeness (QED) is 0.542. The molecule has 0 amide bonds. The van der Waals surface area contributed by atoms with Gasteiger partial charge in [0.2, 0.25) is 0 Å². The van der Waals surface area contributed by atoms with Gasteiger partial charge in [-0.05, 0) is 13.0 Å². The van der Waals surface area contributed by atoms with Crippen LogP contribution >= 0.6 is 0 Å². The summed E-state index contributed by atoms with van der Waals surface area (Å²) in [6.07, 6.45) is -0.565. The van der Waals surface area contributed by atoms with Crippen molar-refractivity contribution in [3.8, 4) is 11.4 Å². The lowest BCUT2D eigenvalue weighted by molar-refractivity contribution is -0.144. The lowest BCUT2D eigenvalue weighted by Gasteiger charge is -2.14. The standard InChI is InChI=1S/C17H16N4O4/c1-9-7-11-15(18-9)20-14(10-5-3-2-4-6-10)21-16(11)19-12(17(24)25)8-13(22)23/h2-7,12H,8H2,1H3,(H,22,23)(H,24,25)(H2,18,19,20,21). The zero-order chi connectivity index (χ0) is 18.0. The number of aromatic amines is 1. The summed E-state index contributed by atoms with van der Waals surface area (Å²) in [7, 11) is 0. The molecule has 0 saturated heterocycles. The molecule has 4 N–H and O–H groups in total. The van der Waals surface area contributed by atoms with Gasteiger partial charge in [0.05, 0.1) is 11.8 Å². The number of rotatable bonds is 6. The lowest BCUT2D eigenvalue weighted by atomic mass is 10.2. The number of hydrogen-bond donors (Lipinski definition) is 4. The average Bonchev–Trinajstić information content (AvgIpc) is 2.95. The first-order chi connectivity index (χ1) is 11.9. The van der Waals surface area contributed by atoms with E-state index in [1.165, 1.54) is 0 Å². The SMILES string of the molecule is Cc1cc2c(NC(CC(=O)O)C(=O)O)nc(-c3ccccc3)nc2[nH]1. The molecule has 25 heavy (non-hydrogen) atoms. The summed E-state index contributed by atoms with van der Waals surface area (Å²) in [5, 5.41) is 21.5. The lowest BCUT2D eigenvalue weighted by Crippen LogP contribution is -2.32. The van der Waals surface area contributed by atoms with Gasteiger partial charge in [0.1, 0.15) is 17.5 Å². The van der Waals surface area contributed by atoms with Crippen molar-refractivity contribution in [3.05, 3.63) is 42.1 Å². The van der Waals surface area contributed by atoms with Crippen molar-refractivity contribution in [3.63, 3.8) is 0 Å². The molecule has 0 aliphatic heterocycles. The molecule has 1 atom stereocenters. The molecule has 8 heteroatoms. The number of aryl methyl sites for hydroxylation is 1. The van der Waals surface area contributed by atoms with E-state index in [1.54, 1.807) is 6.07 Å². The molecular formula is C17H16N4O4. The Hall–Kier alpha value is -3.42. The van der Waals surface area contributed by atoms with E-state index in [-0.39, 0.29) is 5.82 Å². The number of H-pyrrole nitrogens is 1. The number of aromatic nitrogens is 3. The molecule has 0 spiro atoms. The largest absolute Gasteiger partial charge is 0.481 e. The first kappa shape index (κ1) is 16.4. The molecule has 1 unspecified atom stereocenters. The number of anilines is 1. The van der Waals surface area contributed by atoms with E-state index in [4.69, 9.17) is 5.11 Å². The van der Waals surface area contributed by atoms with Crippen molar-refractivity contribution in [2.45, 2.75) is 19.4 Å². The van der Waals surface area contributed by atoms with Crippen molar-refractivity contribution in [2.75, 3.05) is 5.32 Å². The summed E-state index contributed by atoms with van der Waals surface area (Å²) in [6.45, 7) is 1.85. The molecule has 3 rings (SSSR count). The summed E-state index contributed by atoms with van der Waals surface area (Å²) in [6, 6.07) is 9.73. The van der Waals surface area contributed by atoms with Crippen LogP contribution in [0.3, 0.4) is 0 Å². The maximum Gasteiger partial charge on any atom is 0.326 e. The van der Waals surface area contributed by atoms with Crippen LogP contribution in [0.25, 0.3) is 22.4 Å². The van der Waals surface area contributed by atoms with Crippen LogP contribution in [0.15, 0.2) is 36.4 Å². The first-order valence-corrected chi connectivity index (χ1v) is 7.58. The summed E-state index contributed by atoms with van der Waals surface area (Å²) >= 11 is 0. The Bertz CT molecular complexity index is 936. The molecule has 0 aliphatic rings. The molecule has 128 valence electrons. The van der Waals surface area contributed by atoms with E-state index in [0.717, 1.165) is 11.3 Å². The van der Waals surface area contributed by atoms with Gasteiger partial charge in [-0.15, -0.1) is 0 Å². The van der Waals surface area contributed by atoms with E-state index in [2.05, 4.69) is 20.3 Å². The van der Waals surface area contributed by atoms with Crippen molar-refractivity contribution in [1.29, 1.82) is 0 Å². The van der Waals surface area contributed by atoms with Gasteiger partial charge >= 0.3 is 11.9 Å². The Morgan fingerprint density at radius 1 is 1.20 bits per heavy atom. The summed E-state index contributed by atoms with van der Waals surface area (Å²) in [4.78, 5) is 34.3. The highest BCUT2D eigenvalue weighted by Crippen LogP contribution is 2.26. The number of fused-ring (bicyclic) bond motifs is 1. The highest BCUT2D eigenvalue weighted by molar-refractivity contribution is 5.92. The topological polar surface area (TPSA) is 128 Å². The van der Waals surface area contributed by atoms with Crippen LogP contribution in [0.2, 0.25) is 0 Å². The second-order valence-corrected chi connectivity index (χ2v) is 5.61. The summed E-state index contributed by atoms with van der Waals surface area (Å²) < 4.78 is 0. The molecule has 2 heterocycles. The maximum atomic E-state index is 11.4. The van der Waals surface area contributed by atoms with Crippen molar-refractivity contribution in [1.82, 2.24) is 15.0 Å². The minimum atomic E-state index is -1.30. The Kier molecular flexibility index (Phi) is 4.34. The number of carbonyl (C=O) groups is 2. The number of aliphatic carboxylic acids is 2. The Balaban J connectivity index is 2.09. The van der Waals surface area contributed by atoms with Crippen molar-refractivity contribution in [2.24, 2.45) is 0 Å². The van der Waals surface area contributed by atoms with Crippen molar-refractivity contribution < 1.29 is 19.8 Å². The van der Waals surface area contributed by atoms with Gasteiger partial charge in [0, 0.05) is 11.3 Å². The number of hydrogen-bond acceptors (Lipinski definition) is 5. The third-order valence-corrected chi connectivity index (χ3v) is 3.64. The van der Waals surface area contributed by atoms with Crippen LogP contribution in [0, 0.1) is 6.92 Å². The molecule has 0 aliphatic carbocycles.